The van der Waals surface area contributed by atoms with Gasteiger partial charge in [0.1, 0.15) is 5.75 Å². The zero-order chi connectivity index (χ0) is 16.9. The van der Waals surface area contributed by atoms with Crippen LogP contribution < -0.4 is 15.4 Å². The predicted molar refractivity (Wildman–Crippen MR) is 81.2 cm³/mol. The topological polar surface area (TPSA) is 50.4 Å². The molecule has 0 radical (unpaired) electrons. The third-order valence-corrected chi connectivity index (χ3v) is 2.86. The minimum absolute atomic E-state index is 0.146. The normalized spacial score (nSPS) is 11.0. The molecule has 0 atom stereocenters. The Morgan fingerprint density at radius 1 is 1.00 bits per heavy atom. The maximum atomic E-state index is 12.1. The first-order chi connectivity index (χ1) is 10.8. The fourth-order valence-corrected chi connectivity index (χ4v) is 1.89. The van der Waals surface area contributed by atoms with Crippen LogP contribution in [0.5, 0.6) is 5.75 Å². The summed E-state index contributed by atoms with van der Waals surface area (Å²) in [4.78, 5) is 10.9. The highest BCUT2D eigenvalue weighted by atomic mass is 19.4. The Morgan fingerprint density at radius 2 is 1.57 bits per heavy atom. The molecule has 0 aliphatic heterocycles. The first kappa shape index (κ1) is 16.7. The molecule has 0 bridgehead atoms. The predicted octanol–water partition coefficient (Wildman–Crippen LogP) is 4.16. The van der Waals surface area contributed by atoms with Gasteiger partial charge in [-0.2, -0.15) is 0 Å². The second-order valence-corrected chi connectivity index (χ2v) is 4.80. The molecule has 7 heteroatoms. The van der Waals surface area contributed by atoms with E-state index in [9.17, 15) is 18.0 Å². The molecule has 0 unspecified atom stereocenters. The van der Waals surface area contributed by atoms with E-state index in [0.29, 0.717) is 12.2 Å². The van der Waals surface area contributed by atoms with Crippen molar-refractivity contribution in [2.45, 2.75) is 19.8 Å². The van der Waals surface area contributed by atoms with Crippen molar-refractivity contribution < 1.29 is 22.7 Å². The van der Waals surface area contributed by atoms with Gasteiger partial charge in [0.15, 0.2) is 0 Å². The van der Waals surface area contributed by atoms with Crippen LogP contribution in [0.15, 0.2) is 48.5 Å². The molecule has 23 heavy (non-hydrogen) atoms. The summed E-state index contributed by atoms with van der Waals surface area (Å²) in [6, 6.07) is 12.8. The molecular weight excluding hydrogens is 309 g/mol. The Bertz CT molecular complexity index is 653. The van der Waals surface area contributed by atoms with Crippen molar-refractivity contribution in [2.24, 2.45) is 0 Å². The first-order valence-electron chi connectivity index (χ1n) is 6.78. The Labute approximate surface area is 131 Å². The number of alkyl halides is 3. The summed E-state index contributed by atoms with van der Waals surface area (Å²) in [5.74, 6) is -0.396. The van der Waals surface area contributed by atoms with Gasteiger partial charge in [-0.1, -0.05) is 12.1 Å². The van der Waals surface area contributed by atoms with Gasteiger partial charge in [0.25, 0.3) is 0 Å². The van der Waals surface area contributed by atoms with E-state index in [0.717, 1.165) is 11.3 Å². The van der Waals surface area contributed by atoms with E-state index >= 15 is 0 Å². The molecule has 2 rings (SSSR count). The molecule has 0 heterocycles. The third-order valence-electron chi connectivity index (χ3n) is 2.86. The van der Waals surface area contributed by atoms with E-state index in [1.165, 1.54) is 19.1 Å². The molecule has 2 N–H and O–H groups in total. The van der Waals surface area contributed by atoms with Crippen LogP contribution in [-0.4, -0.2) is 12.3 Å². The minimum Gasteiger partial charge on any atom is -0.406 e. The van der Waals surface area contributed by atoms with Crippen LogP contribution in [0, 0.1) is 0 Å². The second-order valence-electron chi connectivity index (χ2n) is 4.80. The van der Waals surface area contributed by atoms with Crippen molar-refractivity contribution in [3.8, 4) is 5.75 Å². The smallest absolute Gasteiger partial charge is 0.406 e. The number of hydrogen-bond acceptors (Lipinski definition) is 3. The van der Waals surface area contributed by atoms with Crippen LogP contribution in [0.4, 0.5) is 24.5 Å². The summed E-state index contributed by atoms with van der Waals surface area (Å²) in [7, 11) is 0. The Hall–Kier alpha value is -2.70. The van der Waals surface area contributed by atoms with Crippen molar-refractivity contribution in [3.05, 3.63) is 54.1 Å². The van der Waals surface area contributed by atoms with E-state index in [1.54, 1.807) is 36.4 Å². The number of halogens is 3. The lowest BCUT2D eigenvalue weighted by atomic mass is 10.2. The molecule has 2 aromatic rings. The van der Waals surface area contributed by atoms with Gasteiger partial charge in [0.05, 0.1) is 0 Å². The minimum atomic E-state index is -4.69. The van der Waals surface area contributed by atoms with Gasteiger partial charge in [-0.15, -0.1) is 13.2 Å². The average Bonchev–Trinajstić information content (AvgIpc) is 2.46. The zero-order valence-electron chi connectivity index (χ0n) is 12.3. The lowest BCUT2D eigenvalue weighted by Crippen LogP contribution is -2.17. The van der Waals surface area contributed by atoms with Crippen molar-refractivity contribution in [3.63, 3.8) is 0 Å². The third kappa shape index (κ3) is 5.90. The van der Waals surface area contributed by atoms with Crippen molar-refractivity contribution in [2.75, 3.05) is 10.6 Å². The van der Waals surface area contributed by atoms with E-state index in [4.69, 9.17) is 0 Å². The number of rotatable bonds is 5. The van der Waals surface area contributed by atoms with Gasteiger partial charge in [0, 0.05) is 24.8 Å². The largest absolute Gasteiger partial charge is 0.573 e. The molecule has 0 fully saturated rings. The highest BCUT2D eigenvalue weighted by Crippen LogP contribution is 2.23. The quantitative estimate of drug-likeness (QED) is 0.868. The summed E-state index contributed by atoms with van der Waals surface area (Å²) in [6.07, 6.45) is -4.69. The lowest BCUT2D eigenvalue weighted by molar-refractivity contribution is -0.274. The number of benzene rings is 2. The van der Waals surface area contributed by atoms with E-state index < -0.39 is 6.36 Å². The van der Waals surface area contributed by atoms with Gasteiger partial charge in [-0.25, -0.2) is 0 Å². The second kappa shape index (κ2) is 7.04. The van der Waals surface area contributed by atoms with E-state index in [1.807, 2.05) is 0 Å². The maximum Gasteiger partial charge on any atom is 0.573 e. The molecule has 0 saturated carbocycles. The Morgan fingerprint density at radius 3 is 2.09 bits per heavy atom. The Kier molecular flexibility index (Phi) is 5.10. The van der Waals surface area contributed by atoms with Gasteiger partial charge in [0.2, 0.25) is 5.91 Å². The number of ether oxygens (including phenoxy) is 1. The standard InChI is InChI=1S/C16H15F3N2O2/c1-11(22)21-14-6-4-13(5-7-14)20-10-12-2-8-15(9-3-12)23-16(17,18)19/h2-9,20H,10H2,1H3,(H,21,22). The molecule has 0 saturated heterocycles. The van der Waals surface area contributed by atoms with Crippen LogP contribution >= 0.6 is 0 Å². The summed E-state index contributed by atoms with van der Waals surface area (Å²) < 4.78 is 40.0. The summed E-state index contributed by atoms with van der Waals surface area (Å²) in [5, 5.41) is 5.79. The molecule has 2 aromatic carbocycles. The summed E-state index contributed by atoms with van der Waals surface area (Å²) >= 11 is 0. The van der Waals surface area contributed by atoms with Crippen molar-refractivity contribution >= 4 is 17.3 Å². The maximum absolute atomic E-state index is 12.1. The molecule has 0 spiro atoms. The van der Waals surface area contributed by atoms with E-state index in [-0.39, 0.29) is 11.7 Å². The van der Waals surface area contributed by atoms with Crippen molar-refractivity contribution in [1.29, 1.82) is 0 Å². The zero-order valence-corrected chi connectivity index (χ0v) is 12.3. The average molecular weight is 324 g/mol. The number of carbonyl (C=O) groups excluding carboxylic acids is 1. The summed E-state index contributed by atoms with van der Waals surface area (Å²) in [5.41, 5.74) is 2.33. The van der Waals surface area contributed by atoms with Crippen molar-refractivity contribution in [1.82, 2.24) is 0 Å². The monoisotopic (exact) mass is 324 g/mol. The number of carbonyl (C=O) groups is 1. The molecular formula is C16H15F3N2O2. The van der Waals surface area contributed by atoms with Gasteiger partial charge >= 0.3 is 6.36 Å². The Balaban J connectivity index is 1.89. The SMILES string of the molecule is CC(=O)Nc1ccc(NCc2ccc(OC(F)(F)F)cc2)cc1. The highest BCUT2D eigenvalue weighted by Gasteiger charge is 2.30. The van der Waals surface area contributed by atoms with Gasteiger partial charge in [-0.05, 0) is 42.0 Å². The number of anilines is 2. The highest BCUT2D eigenvalue weighted by molar-refractivity contribution is 5.88. The summed E-state index contributed by atoms with van der Waals surface area (Å²) in [6.45, 7) is 1.88. The molecule has 0 aromatic heterocycles. The molecule has 1 amide bonds. The number of nitrogens with one attached hydrogen (secondary N) is 2. The molecule has 4 nitrogen and oxygen atoms in total. The molecule has 122 valence electrons. The fraction of sp³-hybridized carbons (Fsp3) is 0.188. The van der Waals surface area contributed by atoms with Crippen LogP contribution in [0.2, 0.25) is 0 Å². The van der Waals surface area contributed by atoms with Gasteiger partial charge < -0.3 is 15.4 Å². The van der Waals surface area contributed by atoms with Crippen LogP contribution in [0.3, 0.4) is 0 Å². The van der Waals surface area contributed by atoms with E-state index in [2.05, 4.69) is 15.4 Å². The van der Waals surface area contributed by atoms with Crippen LogP contribution in [0.1, 0.15) is 12.5 Å². The molecule has 0 aliphatic carbocycles. The number of amides is 1. The molecule has 0 aliphatic rings. The lowest BCUT2D eigenvalue weighted by Gasteiger charge is -2.10. The van der Waals surface area contributed by atoms with Crippen LogP contribution in [0.25, 0.3) is 0 Å². The fourth-order valence-electron chi connectivity index (χ4n) is 1.89. The van der Waals surface area contributed by atoms with Crippen LogP contribution in [-0.2, 0) is 11.3 Å². The van der Waals surface area contributed by atoms with Gasteiger partial charge in [-0.3, -0.25) is 4.79 Å². The first-order valence-corrected chi connectivity index (χ1v) is 6.78. The number of hydrogen-bond donors (Lipinski definition) is 2.